The number of rotatable bonds is 11. The highest BCUT2D eigenvalue weighted by Gasteiger charge is 2.05. The molecule has 0 aliphatic rings. The van der Waals surface area contributed by atoms with Crippen molar-refractivity contribution in [3.63, 3.8) is 0 Å². The maximum Gasteiger partial charge on any atom is 0.0812 e. The highest BCUT2D eigenvalue weighted by molar-refractivity contribution is 5.16. The van der Waals surface area contributed by atoms with Crippen LogP contribution in [0, 0.1) is 0 Å². The fraction of sp³-hybridized carbons (Fsp3) is 0.600. The van der Waals surface area contributed by atoms with E-state index in [4.69, 9.17) is 14.2 Å². The molecule has 0 bridgehead atoms. The van der Waals surface area contributed by atoms with Gasteiger partial charge >= 0.3 is 0 Å². The topological polar surface area (TPSA) is 47.9 Å². The van der Waals surface area contributed by atoms with Gasteiger partial charge in [-0.25, -0.2) is 0 Å². The molecule has 0 spiro atoms. The van der Waals surface area contributed by atoms with Crippen molar-refractivity contribution in [2.24, 2.45) is 0 Å². The van der Waals surface area contributed by atoms with Crippen molar-refractivity contribution in [2.75, 3.05) is 40.1 Å². The van der Waals surface area contributed by atoms with E-state index in [1.54, 1.807) is 7.11 Å². The molecule has 1 unspecified atom stereocenters. The van der Waals surface area contributed by atoms with Gasteiger partial charge in [-0.05, 0) is 12.0 Å². The zero-order valence-electron chi connectivity index (χ0n) is 11.6. The van der Waals surface area contributed by atoms with E-state index in [-0.39, 0.29) is 0 Å². The second-order valence-electron chi connectivity index (χ2n) is 4.29. The molecule has 4 heteroatoms. The van der Waals surface area contributed by atoms with Gasteiger partial charge in [0.05, 0.1) is 19.3 Å². The number of aliphatic hydroxyl groups excluding tert-OH is 1. The van der Waals surface area contributed by atoms with E-state index in [0.29, 0.717) is 39.5 Å². The summed E-state index contributed by atoms with van der Waals surface area (Å²) in [6, 6.07) is 9.65. The number of methoxy groups -OCH3 is 1. The zero-order chi connectivity index (χ0) is 13.8. The van der Waals surface area contributed by atoms with E-state index in [9.17, 15) is 5.11 Å². The molecule has 0 saturated heterocycles. The third-order valence-corrected chi connectivity index (χ3v) is 2.73. The second-order valence-corrected chi connectivity index (χ2v) is 4.29. The van der Waals surface area contributed by atoms with Crippen LogP contribution < -0.4 is 0 Å². The SMILES string of the molecule is COCCOCCCOCCC(O)c1ccccc1. The summed E-state index contributed by atoms with van der Waals surface area (Å²) in [6.07, 6.45) is 1.04. The van der Waals surface area contributed by atoms with Gasteiger partial charge in [0.25, 0.3) is 0 Å². The molecule has 108 valence electrons. The third kappa shape index (κ3) is 7.95. The first-order chi connectivity index (χ1) is 9.34. The minimum Gasteiger partial charge on any atom is -0.388 e. The van der Waals surface area contributed by atoms with Gasteiger partial charge in [0, 0.05) is 33.4 Å². The Kier molecular flexibility index (Phi) is 9.27. The Morgan fingerprint density at radius 1 is 0.947 bits per heavy atom. The normalized spacial score (nSPS) is 12.5. The molecular weight excluding hydrogens is 244 g/mol. The molecule has 0 aliphatic heterocycles. The first kappa shape index (κ1) is 16.1. The van der Waals surface area contributed by atoms with Gasteiger partial charge < -0.3 is 19.3 Å². The smallest absolute Gasteiger partial charge is 0.0812 e. The summed E-state index contributed by atoms with van der Waals surface area (Å²) in [4.78, 5) is 0. The Labute approximate surface area is 115 Å². The molecule has 1 aromatic carbocycles. The quantitative estimate of drug-likeness (QED) is 0.625. The predicted molar refractivity (Wildman–Crippen MR) is 74.1 cm³/mol. The maximum atomic E-state index is 9.90. The minimum absolute atomic E-state index is 0.445. The lowest BCUT2D eigenvalue weighted by molar-refractivity contribution is 0.0430. The van der Waals surface area contributed by atoms with E-state index in [1.807, 2.05) is 30.3 Å². The summed E-state index contributed by atoms with van der Waals surface area (Å²) in [5.74, 6) is 0. The molecule has 0 aliphatic carbocycles. The van der Waals surface area contributed by atoms with E-state index in [1.165, 1.54) is 0 Å². The average Bonchev–Trinajstić information content (AvgIpc) is 2.46. The highest BCUT2D eigenvalue weighted by Crippen LogP contribution is 2.15. The molecule has 1 N–H and O–H groups in total. The van der Waals surface area contributed by atoms with E-state index < -0.39 is 6.10 Å². The molecular formula is C15H24O4. The van der Waals surface area contributed by atoms with Crippen LogP contribution in [-0.2, 0) is 14.2 Å². The summed E-state index contributed by atoms with van der Waals surface area (Å²) in [5, 5.41) is 9.90. The summed E-state index contributed by atoms with van der Waals surface area (Å²) >= 11 is 0. The minimum atomic E-state index is -0.445. The summed E-state index contributed by atoms with van der Waals surface area (Å²) in [7, 11) is 1.66. The van der Waals surface area contributed by atoms with Crippen LogP contribution in [0.2, 0.25) is 0 Å². The number of hydrogen-bond donors (Lipinski definition) is 1. The van der Waals surface area contributed by atoms with Crippen molar-refractivity contribution < 1.29 is 19.3 Å². The maximum absolute atomic E-state index is 9.90. The molecule has 0 aromatic heterocycles. The van der Waals surface area contributed by atoms with Crippen LogP contribution >= 0.6 is 0 Å². The van der Waals surface area contributed by atoms with Crippen LogP contribution in [0.3, 0.4) is 0 Å². The lowest BCUT2D eigenvalue weighted by Gasteiger charge is -2.11. The van der Waals surface area contributed by atoms with Gasteiger partial charge in [0.1, 0.15) is 0 Å². The number of aliphatic hydroxyl groups is 1. The van der Waals surface area contributed by atoms with Crippen molar-refractivity contribution in [3.05, 3.63) is 35.9 Å². The Bertz CT molecular complexity index is 302. The molecule has 4 nitrogen and oxygen atoms in total. The van der Waals surface area contributed by atoms with Crippen LogP contribution in [-0.4, -0.2) is 45.3 Å². The summed E-state index contributed by atoms with van der Waals surface area (Å²) in [5.41, 5.74) is 0.939. The van der Waals surface area contributed by atoms with Crippen LogP contribution in [0.4, 0.5) is 0 Å². The van der Waals surface area contributed by atoms with Gasteiger partial charge in [-0.3, -0.25) is 0 Å². The molecule has 0 fully saturated rings. The Morgan fingerprint density at radius 3 is 2.32 bits per heavy atom. The number of ether oxygens (including phenoxy) is 3. The van der Waals surface area contributed by atoms with Crippen molar-refractivity contribution in [1.29, 1.82) is 0 Å². The average molecular weight is 268 g/mol. The zero-order valence-corrected chi connectivity index (χ0v) is 11.6. The van der Waals surface area contributed by atoms with E-state index >= 15 is 0 Å². The molecule has 0 saturated carbocycles. The summed E-state index contributed by atoms with van der Waals surface area (Å²) in [6.45, 7) is 3.17. The fourth-order valence-corrected chi connectivity index (χ4v) is 1.65. The second kappa shape index (κ2) is 10.9. The molecule has 1 atom stereocenters. The van der Waals surface area contributed by atoms with Gasteiger partial charge in [-0.1, -0.05) is 30.3 Å². The van der Waals surface area contributed by atoms with Crippen LogP contribution in [0.1, 0.15) is 24.5 Å². The van der Waals surface area contributed by atoms with Crippen LogP contribution in [0.25, 0.3) is 0 Å². The van der Waals surface area contributed by atoms with Gasteiger partial charge in [0.15, 0.2) is 0 Å². The van der Waals surface area contributed by atoms with Gasteiger partial charge in [-0.2, -0.15) is 0 Å². The van der Waals surface area contributed by atoms with Crippen molar-refractivity contribution in [3.8, 4) is 0 Å². The van der Waals surface area contributed by atoms with Gasteiger partial charge in [-0.15, -0.1) is 0 Å². The van der Waals surface area contributed by atoms with Crippen molar-refractivity contribution in [1.82, 2.24) is 0 Å². The van der Waals surface area contributed by atoms with Crippen molar-refractivity contribution >= 4 is 0 Å². The van der Waals surface area contributed by atoms with E-state index in [0.717, 1.165) is 12.0 Å². The first-order valence-electron chi connectivity index (χ1n) is 6.72. The van der Waals surface area contributed by atoms with E-state index in [2.05, 4.69) is 0 Å². The lowest BCUT2D eigenvalue weighted by Crippen LogP contribution is -2.07. The monoisotopic (exact) mass is 268 g/mol. The summed E-state index contributed by atoms with van der Waals surface area (Å²) < 4.78 is 15.6. The standard InChI is InChI=1S/C15H24O4/c1-17-12-13-19-10-5-9-18-11-8-15(16)14-6-3-2-4-7-14/h2-4,6-7,15-16H,5,8-13H2,1H3. The third-order valence-electron chi connectivity index (χ3n) is 2.73. The molecule has 0 amide bonds. The van der Waals surface area contributed by atoms with Crippen LogP contribution in [0.5, 0.6) is 0 Å². The fourth-order valence-electron chi connectivity index (χ4n) is 1.65. The lowest BCUT2D eigenvalue weighted by atomic mass is 10.1. The largest absolute Gasteiger partial charge is 0.388 e. The molecule has 1 aromatic rings. The molecule has 1 rings (SSSR count). The molecule has 19 heavy (non-hydrogen) atoms. The van der Waals surface area contributed by atoms with Crippen molar-refractivity contribution in [2.45, 2.75) is 18.9 Å². The van der Waals surface area contributed by atoms with Gasteiger partial charge in [0.2, 0.25) is 0 Å². The highest BCUT2D eigenvalue weighted by atomic mass is 16.5. The van der Waals surface area contributed by atoms with Crippen LogP contribution in [0.15, 0.2) is 30.3 Å². The Balaban J connectivity index is 1.93. The number of benzene rings is 1. The predicted octanol–water partition coefficient (Wildman–Crippen LogP) is 2.18. The first-order valence-corrected chi connectivity index (χ1v) is 6.72. The Hall–Kier alpha value is -0.940. The molecule has 0 heterocycles. The number of hydrogen-bond acceptors (Lipinski definition) is 4. The molecule has 0 radical (unpaired) electrons. The Morgan fingerprint density at radius 2 is 1.63 bits per heavy atom.